The van der Waals surface area contributed by atoms with Crippen LogP contribution in [0.2, 0.25) is 0 Å². The Labute approximate surface area is 126 Å². The van der Waals surface area contributed by atoms with E-state index < -0.39 is 11.6 Å². The van der Waals surface area contributed by atoms with Gasteiger partial charge in [0.2, 0.25) is 0 Å². The maximum atomic E-state index is 14.4. The molecule has 0 radical (unpaired) electrons. The van der Waals surface area contributed by atoms with Crippen molar-refractivity contribution in [2.45, 2.75) is 31.9 Å². The lowest BCUT2D eigenvalue weighted by atomic mass is 9.91. The van der Waals surface area contributed by atoms with Crippen LogP contribution in [0.15, 0.2) is 34.8 Å². The number of benzene rings is 1. The van der Waals surface area contributed by atoms with E-state index in [-0.39, 0.29) is 11.9 Å². The molecule has 0 bridgehead atoms. The van der Waals surface area contributed by atoms with Crippen molar-refractivity contribution in [1.82, 2.24) is 0 Å². The predicted octanol–water partition coefficient (Wildman–Crippen LogP) is 4.46. The summed E-state index contributed by atoms with van der Waals surface area (Å²) in [5.74, 6) is -0.0414. The average Bonchev–Trinajstić information content (AvgIpc) is 3.01. The quantitative estimate of drug-likeness (QED) is 0.600. The molecule has 4 heteroatoms. The number of carbonyl (C=O) groups is 1. The van der Waals surface area contributed by atoms with Crippen molar-refractivity contribution in [2.75, 3.05) is 6.61 Å². The molecule has 3 atom stereocenters. The molecule has 1 saturated heterocycles. The molecule has 106 valence electrons. The van der Waals surface area contributed by atoms with Crippen molar-refractivity contribution in [3.63, 3.8) is 0 Å². The van der Waals surface area contributed by atoms with Crippen LogP contribution in [0.3, 0.4) is 0 Å². The van der Waals surface area contributed by atoms with Gasteiger partial charge < -0.3 is 4.74 Å². The molecule has 1 aliphatic heterocycles. The summed E-state index contributed by atoms with van der Waals surface area (Å²) in [4.78, 5) is 11.9. The fraction of sp³-hybridized carbons (Fsp3) is 0.438. The number of halogens is 2. The van der Waals surface area contributed by atoms with Crippen LogP contribution in [-0.2, 0) is 9.53 Å². The third kappa shape index (κ3) is 2.01. The fourth-order valence-corrected chi connectivity index (χ4v) is 3.51. The highest BCUT2D eigenvalue weighted by Gasteiger charge is 2.64. The molecule has 0 N–H and O–H groups in total. The highest BCUT2D eigenvalue weighted by Crippen LogP contribution is 2.65. The van der Waals surface area contributed by atoms with Crippen LogP contribution in [-0.4, -0.2) is 12.6 Å². The van der Waals surface area contributed by atoms with Crippen LogP contribution in [0.4, 0.5) is 4.39 Å². The zero-order valence-corrected chi connectivity index (χ0v) is 12.9. The smallest absolute Gasteiger partial charge is 0.312 e. The molecule has 1 aliphatic carbocycles. The van der Waals surface area contributed by atoms with Crippen LogP contribution in [0.5, 0.6) is 0 Å². The lowest BCUT2D eigenvalue weighted by Crippen LogP contribution is -2.11. The highest BCUT2D eigenvalue weighted by atomic mass is 79.9. The first-order chi connectivity index (χ1) is 9.45. The van der Waals surface area contributed by atoms with Crippen LogP contribution in [0.1, 0.15) is 43.0 Å². The Hall–Kier alpha value is -1.16. The monoisotopic (exact) mass is 338 g/mol. The summed E-state index contributed by atoms with van der Waals surface area (Å²) < 4.78 is 20.4. The average molecular weight is 339 g/mol. The van der Waals surface area contributed by atoms with Gasteiger partial charge in [-0.2, -0.15) is 0 Å². The predicted molar refractivity (Wildman–Crippen MR) is 78.2 cm³/mol. The molecule has 3 rings (SSSR count). The van der Waals surface area contributed by atoms with E-state index in [4.69, 9.17) is 4.74 Å². The molecule has 0 aromatic heterocycles. The second-order valence-corrected chi connectivity index (χ2v) is 6.70. The van der Waals surface area contributed by atoms with Gasteiger partial charge in [0.15, 0.2) is 0 Å². The van der Waals surface area contributed by atoms with Gasteiger partial charge in [-0.1, -0.05) is 28.6 Å². The number of rotatable bonds is 3. The molecule has 1 aromatic rings. The normalized spacial score (nSPS) is 29.4. The van der Waals surface area contributed by atoms with Crippen molar-refractivity contribution >= 4 is 21.9 Å². The van der Waals surface area contributed by atoms with Gasteiger partial charge in [0, 0.05) is 10.4 Å². The Balaban J connectivity index is 1.99. The molecule has 1 saturated carbocycles. The number of hydrogen-bond donors (Lipinski definition) is 0. The van der Waals surface area contributed by atoms with Crippen molar-refractivity contribution in [1.29, 1.82) is 0 Å². The van der Waals surface area contributed by atoms with E-state index in [1.807, 2.05) is 12.1 Å². The molecule has 1 aromatic carbocycles. The molecule has 2 fully saturated rings. The van der Waals surface area contributed by atoms with Crippen LogP contribution < -0.4 is 0 Å². The van der Waals surface area contributed by atoms with Gasteiger partial charge in [-0.25, -0.2) is 4.39 Å². The van der Waals surface area contributed by atoms with Crippen molar-refractivity contribution in [3.8, 4) is 0 Å². The maximum Gasteiger partial charge on any atom is 0.312 e. The number of alkyl halides is 1. The van der Waals surface area contributed by atoms with Gasteiger partial charge in [0.25, 0.3) is 0 Å². The lowest BCUT2D eigenvalue weighted by molar-refractivity contribution is -0.142. The fourth-order valence-electron chi connectivity index (χ4n) is 3.13. The molecule has 2 nitrogen and oxygen atoms in total. The van der Waals surface area contributed by atoms with Crippen molar-refractivity contribution in [3.05, 3.63) is 46.0 Å². The standard InChI is InChI=1S/C16H16BrFO2/c1-9(2)14(18)12-7-10(17)3-4-11(12)13-8-16(13)5-6-20-15(16)19/h3-4,7,13-14H,1,5-6,8H2,2H3. The molecule has 0 amide bonds. The lowest BCUT2D eigenvalue weighted by Gasteiger charge is -2.15. The van der Waals surface area contributed by atoms with Crippen molar-refractivity contribution < 1.29 is 13.9 Å². The van der Waals surface area contributed by atoms with Crippen LogP contribution in [0.25, 0.3) is 0 Å². The Kier molecular flexibility index (Phi) is 3.24. The third-order valence-electron chi connectivity index (χ3n) is 4.39. The highest BCUT2D eigenvalue weighted by molar-refractivity contribution is 9.10. The number of carbonyl (C=O) groups excluding carboxylic acids is 1. The Morgan fingerprint density at radius 2 is 2.35 bits per heavy atom. The Morgan fingerprint density at radius 3 is 2.95 bits per heavy atom. The summed E-state index contributed by atoms with van der Waals surface area (Å²) >= 11 is 3.38. The minimum atomic E-state index is -1.20. The molecular weight excluding hydrogens is 323 g/mol. The summed E-state index contributed by atoms with van der Waals surface area (Å²) in [6.45, 7) is 5.87. The zero-order chi connectivity index (χ0) is 14.5. The van der Waals surface area contributed by atoms with E-state index in [0.717, 1.165) is 22.9 Å². The van der Waals surface area contributed by atoms with Crippen molar-refractivity contribution in [2.24, 2.45) is 5.41 Å². The van der Waals surface area contributed by atoms with Crippen LogP contribution >= 0.6 is 15.9 Å². The van der Waals surface area contributed by atoms with E-state index in [1.165, 1.54) is 0 Å². The number of hydrogen-bond acceptors (Lipinski definition) is 2. The minimum absolute atomic E-state index is 0.0817. The first kappa shape index (κ1) is 13.8. The number of cyclic esters (lactones) is 1. The van der Waals surface area contributed by atoms with E-state index in [9.17, 15) is 9.18 Å². The van der Waals surface area contributed by atoms with Gasteiger partial charge in [-0.05, 0) is 48.6 Å². The molecule has 1 heterocycles. The summed E-state index contributed by atoms with van der Waals surface area (Å²) in [6, 6.07) is 5.61. The van der Waals surface area contributed by atoms with Gasteiger partial charge >= 0.3 is 5.97 Å². The second kappa shape index (κ2) is 4.69. The molecule has 3 unspecified atom stereocenters. The third-order valence-corrected chi connectivity index (χ3v) is 4.89. The Morgan fingerprint density at radius 1 is 1.60 bits per heavy atom. The van der Waals surface area contributed by atoms with Gasteiger partial charge in [0.05, 0.1) is 12.0 Å². The SMILES string of the molecule is C=C(C)C(F)c1cc(Br)ccc1C1CC12CCOC2=O. The summed E-state index contributed by atoms with van der Waals surface area (Å²) in [5, 5.41) is 0. The van der Waals surface area contributed by atoms with E-state index in [0.29, 0.717) is 17.7 Å². The summed E-state index contributed by atoms with van der Waals surface area (Å²) in [6.07, 6.45) is 0.317. The first-order valence-electron chi connectivity index (χ1n) is 6.72. The molecule has 20 heavy (non-hydrogen) atoms. The molecule has 1 spiro atoms. The van der Waals surface area contributed by atoms with Gasteiger partial charge in [-0.3, -0.25) is 4.79 Å². The molecule has 2 aliphatic rings. The number of allylic oxidation sites excluding steroid dienone is 1. The number of ether oxygens (including phenoxy) is 1. The first-order valence-corrected chi connectivity index (χ1v) is 7.51. The maximum absolute atomic E-state index is 14.4. The number of esters is 1. The second-order valence-electron chi connectivity index (χ2n) is 5.78. The van der Waals surface area contributed by atoms with E-state index >= 15 is 0 Å². The summed E-state index contributed by atoms with van der Waals surface area (Å²) in [5.41, 5.74) is 1.63. The zero-order valence-electron chi connectivity index (χ0n) is 11.3. The largest absolute Gasteiger partial charge is 0.465 e. The van der Waals surface area contributed by atoms with E-state index in [1.54, 1.807) is 13.0 Å². The Bertz CT molecular complexity index is 598. The topological polar surface area (TPSA) is 26.3 Å². The van der Waals surface area contributed by atoms with E-state index in [2.05, 4.69) is 22.5 Å². The minimum Gasteiger partial charge on any atom is -0.465 e. The molecular formula is C16H16BrFO2. The summed E-state index contributed by atoms with van der Waals surface area (Å²) in [7, 11) is 0. The van der Waals surface area contributed by atoms with Gasteiger partial charge in [-0.15, -0.1) is 0 Å². The van der Waals surface area contributed by atoms with Crippen LogP contribution in [0, 0.1) is 5.41 Å². The van der Waals surface area contributed by atoms with Gasteiger partial charge in [0.1, 0.15) is 6.17 Å².